The van der Waals surface area contributed by atoms with Gasteiger partial charge in [-0.05, 0) is 25.7 Å². The third-order valence-electron chi connectivity index (χ3n) is 5.49. The van der Waals surface area contributed by atoms with Crippen molar-refractivity contribution in [3.8, 4) is 0 Å². The maximum absolute atomic E-state index is 12.8. The normalized spacial score (nSPS) is 24.3. The summed E-state index contributed by atoms with van der Waals surface area (Å²) in [5.41, 5.74) is 0. The molecule has 4 aliphatic heterocycles. The van der Waals surface area contributed by atoms with Crippen molar-refractivity contribution in [3.05, 3.63) is 0 Å². The molecule has 0 aromatic carbocycles. The van der Waals surface area contributed by atoms with Gasteiger partial charge in [-0.2, -0.15) is 18.7 Å². The van der Waals surface area contributed by atoms with E-state index in [1.54, 1.807) is 18.7 Å². The van der Waals surface area contributed by atoms with Gasteiger partial charge in [-0.25, -0.2) is 0 Å². The second-order valence-electron chi connectivity index (χ2n) is 7.02. The van der Waals surface area contributed by atoms with E-state index in [1.165, 1.54) is 0 Å². The minimum absolute atomic E-state index is 0. The Morgan fingerprint density at radius 2 is 0.731 bits per heavy atom. The van der Waals surface area contributed by atoms with E-state index in [2.05, 4.69) is 0 Å². The Labute approximate surface area is 159 Å². The van der Waals surface area contributed by atoms with Gasteiger partial charge in [-0.3, -0.25) is 19.2 Å². The predicted molar refractivity (Wildman–Crippen MR) is 90.7 cm³/mol. The molecule has 0 unspecified atom stereocenters. The summed E-state index contributed by atoms with van der Waals surface area (Å²) < 4.78 is 6.95. The third kappa shape index (κ3) is 2.69. The number of halogens is 1. The molecule has 26 heavy (non-hydrogen) atoms. The van der Waals surface area contributed by atoms with E-state index in [9.17, 15) is 19.2 Å². The van der Waals surface area contributed by atoms with Gasteiger partial charge in [0.2, 0.25) is 0 Å². The fraction of sp³-hybridized carbons (Fsp3) is 0.750. The number of hydrogen-bond donors (Lipinski definition) is 0. The summed E-state index contributed by atoms with van der Waals surface area (Å²) in [5, 5.41) is 0. The highest BCUT2D eigenvalue weighted by atomic mass is 35.5. The largest absolute Gasteiger partial charge is 1.00 e. The first-order chi connectivity index (χ1) is 12.1. The fourth-order valence-corrected chi connectivity index (χ4v) is 9.25. The van der Waals surface area contributed by atoms with Gasteiger partial charge in [0, 0.05) is 25.7 Å². The van der Waals surface area contributed by atoms with E-state index in [4.69, 9.17) is 0 Å². The Kier molecular flexibility index (Phi) is 5.45. The lowest BCUT2D eigenvalue weighted by atomic mass is 10.4. The van der Waals surface area contributed by atoms with Crippen LogP contribution in [0.3, 0.4) is 0 Å². The number of rotatable bonds is 4. The summed E-state index contributed by atoms with van der Waals surface area (Å²) in [7, 11) is -2.98. The molecule has 0 aliphatic carbocycles. The molecular formula is C16H24ClN4O4P. The molecule has 8 nitrogen and oxygen atoms in total. The summed E-state index contributed by atoms with van der Waals surface area (Å²) in [5.74, 6) is -0.139. The molecule has 0 N–H and O–H groups in total. The SMILES string of the molecule is O=C1CCCN1[P+](N1CCCC1=O)(N1CCCC1=O)N1CCCC1=O.[Cl-]. The quantitative estimate of drug-likeness (QED) is 0.517. The summed E-state index contributed by atoms with van der Waals surface area (Å²) in [6.07, 6.45) is 4.56. The van der Waals surface area contributed by atoms with Crippen LogP contribution < -0.4 is 12.4 Å². The van der Waals surface area contributed by atoms with Crippen molar-refractivity contribution in [2.75, 3.05) is 26.2 Å². The first-order valence-corrected chi connectivity index (χ1v) is 10.8. The molecule has 4 amide bonds. The average molecular weight is 403 g/mol. The first-order valence-electron chi connectivity index (χ1n) is 9.19. The van der Waals surface area contributed by atoms with Crippen LogP contribution in [-0.2, 0) is 19.2 Å². The molecule has 0 aromatic heterocycles. The Hall–Kier alpha value is -1.40. The van der Waals surface area contributed by atoms with Gasteiger partial charge in [0.1, 0.15) is 0 Å². The molecule has 4 heterocycles. The lowest BCUT2D eigenvalue weighted by Gasteiger charge is -2.45. The summed E-state index contributed by atoms with van der Waals surface area (Å²) in [6.45, 7) is 2.07. The highest BCUT2D eigenvalue weighted by Gasteiger charge is 2.71. The molecule has 0 radical (unpaired) electrons. The highest BCUT2D eigenvalue weighted by Crippen LogP contribution is 2.73. The van der Waals surface area contributed by atoms with Crippen LogP contribution in [0, 0.1) is 0 Å². The maximum atomic E-state index is 12.8. The Balaban J connectivity index is 0.00000196. The molecule has 0 saturated carbocycles. The van der Waals surface area contributed by atoms with E-state index in [1.807, 2.05) is 0 Å². The molecule has 4 rings (SSSR count). The summed E-state index contributed by atoms with van der Waals surface area (Å²) in [6, 6.07) is 0. The smallest absolute Gasteiger partial charge is 0.416 e. The standard InChI is InChI=1S/C16H24N4O4P.ClH/c21-13-5-1-9-17(13)25(18-10-2-6-14(18)22,19-11-3-7-15(19)23)20-12-4-8-16(20)24;/h1-12H2;1H/q+1;/p-1. The minimum atomic E-state index is -2.98. The van der Waals surface area contributed by atoms with Crippen molar-refractivity contribution >= 4 is 31.5 Å². The molecule has 144 valence electrons. The van der Waals surface area contributed by atoms with E-state index < -0.39 is 7.87 Å². The van der Waals surface area contributed by atoms with Crippen LogP contribution >= 0.6 is 7.87 Å². The molecule has 0 atom stereocenters. The van der Waals surface area contributed by atoms with Crippen LogP contribution in [0.25, 0.3) is 0 Å². The van der Waals surface area contributed by atoms with Gasteiger partial charge in [0.05, 0.1) is 26.2 Å². The Morgan fingerprint density at radius 3 is 0.885 bits per heavy atom. The van der Waals surface area contributed by atoms with Crippen molar-refractivity contribution < 1.29 is 31.6 Å². The molecule has 0 aromatic rings. The van der Waals surface area contributed by atoms with Gasteiger partial charge in [0.15, 0.2) is 0 Å². The number of hydrogen-bond acceptors (Lipinski definition) is 4. The van der Waals surface area contributed by atoms with Gasteiger partial charge < -0.3 is 12.4 Å². The Morgan fingerprint density at radius 1 is 0.500 bits per heavy atom. The van der Waals surface area contributed by atoms with Crippen LogP contribution in [0.1, 0.15) is 51.4 Å². The first kappa shape index (κ1) is 19.4. The predicted octanol–water partition coefficient (Wildman–Crippen LogP) is -1.84. The van der Waals surface area contributed by atoms with Crippen molar-refractivity contribution in [2.24, 2.45) is 0 Å². The van der Waals surface area contributed by atoms with Crippen LogP contribution in [0.5, 0.6) is 0 Å². The average Bonchev–Trinajstić information content (AvgIpc) is 3.35. The van der Waals surface area contributed by atoms with Gasteiger partial charge in [-0.1, -0.05) is 0 Å². The molecular weight excluding hydrogens is 379 g/mol. The topological polar surface area (TPSA) is 81.2 Å². The molecule has 0 bridgehead atoms. The monoisotopic (exact) mass is 402 g/mol. The zero-order valence-corrected chi connectivity index (χ0v) is 16.4. The number of amides is 4. The second kappa shape index (κ2) is 7.31. The molecule has 4 saturated heterocycles. The van der Waals surface area contributed by atoms with Gasteiger partial charge in [-0.15, -0.1) is 0 Å². The van der Waals surface area contributed by atoms with E-state index in [0.717, 1.165) is 0 Å². The lowest BCUT2D eigenvalue weighted by molar-refractivity contribution is -0.128. The van der Waals surface area contributed by atoms with Crippen molar-refractivity contribution in [1.82, 2.24) is 18.7 Å². The number of carbonyl (C=O) groups is 4. The summed E-state index contributed by atoms with van der Waals surface area (Å²) in [4.78, 5) is 51.0. The van der Waals surface area contributed by atoms with Crippen molar-refractivity contribution in [3.63, 3.8) is 0 Å². The van der Waals surface area contributed by atoms with E-state index in [0.29, 0.717) is 77.5 Å². The second-order valence-corrected chi connectivity index (χ2v) is 10.0. The highest BCUT2D eigenvalue weighted by molar-refractivity contribution is 7.69. The molecule has 0 spiro atoms. The van der Waals surface area contributed by atoms with Crippen LogP contribution in [0.2, 0.25) is 0 Å². The van der Waals surface area contributed by atoms with Gasteiger partial charge in [0.25, 0.3) is 23.6 Å². The summed E-state index contributed by atoms with van der Waals surface area (Å²) >= 11 is 0. The fourth-order valence-electron chi connectivity index (χ4n) is 4.45. The zero-order chi connectivity index (χ0) is 17.6. The van der Waals surface area contributed by atoms with Gasteiger partial charge >= 0.3 is 7.87 Å². The molecule has 10 heteroatoms. The third-order valence-corrected chi connectivity index (χ3v) is 9.77. The number of nitrogens with zero attached hydrogens (tertiary/aromatic N) is 4. The molecule has 4 fully saturated rings. The lowest BCUT2D eigenvalue weighted by Crippen LogP contribution is -3.00. The van der Waals surface area contributed by atoms with E-state index >= 15 is 0 Å². The van der Waals surface area contributed by atoms with E-state index in [-0.39, 0.29) is 36.0 Å². The maximum Gasteiger partial charge on any atom is 0.416 e. The van der Waals surface area contributed by atoms with Crippen LogP contribution in [0.4, 0.5) is 0 Å². The Bertz CT molecular complexity index is 536. The number of carbonyl (C=O) groups excluding carboxylic acids is 4. The van der Waals surface area contributed by atoms with Crippen molar-refractivity contribution in [1.29, 1.82) is 0 Å². The zero-order valence-electron chi connectivity index (χ0n) is 14.7. The molecule has 4 aliphatic rings. The van der Waals surface area contributed by atoms with Crippen LogP contribution in [0.15, 0.2) is 0 Å². The van der Waals surface area contributed by atoms with Crippen LogP contribution in [-0.4, -0.2) is 68.5 Å². The minimum Gasteiger partial charge on any atom is -1.00 e. The van der Waals surface area contributed by atoms with Crippen molar-refractivity contribution in [2.45, 2.75) is 51.4 Å².